The summed E-state index contributed by atoms with van der Waals surface area (Å²) >= 11 is 0. The number of hydrogen-bond acceptors (Lipinski definition) is 7. The minimum absolute atomic E-state index is 0.0190. The zero-order valence-electron chi connectivity index (χ0n) is 15.0. The lowest BCUT2D eigenvalue weighted by Gasteiger charge is -2.39. The van der Waals surface area contributed by atoms with Gasteiger partial charge in [-0.1, -0.05) is 6.07 Å². The van der Waals surface area contributed by atoms with Gasteiger partial charge in [-0.15, -0.1) is 0 Å². The Kier molecular flexibility index (Phi) is 5.75. The number of nitrogens with two attached hydrogens (primary N) is 1. The number of hydrogen-bond donors (Lipinski definition) is 4. The largest absolute Gasteiger partial charge is 0.535 e. The number of carbonyl (C=O) groups excluding carboxylic acids is 1. The molecule has 0 saturated carbocycles. The van der Waals surface area contributed by atoms with Gasteiger partial charge in [-0.3, -0.25) is 9.59 Å². The molecule has 2 heterocycles. The monoisotopic (exact) mass is 392 g/mol. The van der Waals surface area contributed by atoms with Gasteiger partial charge in [0.05, 0.1) is 13.1 Å². The van der Waals surface area contributed by atoms with E-state index in [9.17, 15) is 24.5 Å². The van der Waals surface area contributed by atoms with E-state index in [1.54, 1.807) is 12.1 Å². The van der Waals surface area contributed by atoms with Gasteiger partial charge in [-0.05, 0) is 30.8 Å². The van der Waals surface area contributed by atoms with E-state index in [2.05, 4.69) is 0 Å². The SMILES string of the molecule is N[C@H](CCC(=O)N1CC(Oc2ccc3c(c2C(=O)O)OB(O)CC3)C1)C(=O)O. The second-order valence-corrected chi connectivity index (χ2v) is 6.87. The highest BCUT2D eigenvalue weighted by Gasteiger charge is 2.35. The number of amides is 1. The Morgan fingerprint density at radius 1 is 1.32 bits per heavy atom. The Morgan fingerprint density at radius 2 is 2.04 bits per heavy atom. The summed E-state index contributed by atoms with van der Waals surface area (Å²) in [4.78, 5) is 35.9. The predicted molar refractivity (Wildman–Crippen MR) is 96.4 cm³/mol. The van der Waals surface area contributed by atoms with Gasteiger partial charge in [0.25, 0.3) is 0 Å². The van der Waals surface area contributed by atoms with E-state index in [4.69, 9.17) is 20.2 Å². The zero-order chi connectivity index (χ0) is 20.4. The van der Waals surface area contributed by atoms with Crippen LogP contribution in [0.15, 0.2) is 12.1 Å². The van der Waals surface area contributed by atoms with Gasteiger partial charge >= 0.3 is 19.1 Å². The molecule has 3 rings (SSSR count). The van der Waals surface area contributed by atoms with Crippen molar-refractivity contribution in [3.63, 3.8) is 0 Å². The van der Waals surface area contributed by atoms with Crippen LogP contribution in [0.2, 0.25) is 6.32 Å². The van der Waals surface area contributed by atoms with Crippen molar-refractivity contribution in [2.75, 3.05) is 13.1 Å². The van der Waals surface area contributed by atoms with Crippen LogP contribution in [-0.2, 0) is 16.0 Å². The molecule has 28 heavy (non-hydrogen) atoms. The molecule has 1 aromatic rings. The van der Waals surface area contributed by atoms with E-state index in [0.29, 0.717) is 18.3 Å². The van der Waals surface area contributed by atoms with Crippen molar-refractivity contribution in [2.45, 2.75) is 37.7 Å². The minimum Gasteiger partial charge on any atom is -0.535 e. The minimum atomic E-state index is -1.23. The van der Waals surface area contributed by atoms with Crippen molar-refractivity contribution in [3.8, 4) is 11.5 Å². The van der Waals surface area contributed by atoms with Crippen LogP contribution < -0.4 is 15.1 Å². The molecule has 0 aromatic heterocycles. The number of nitrogens with zero attached hydrogens (tertiary/aromatic N) is 1. The van der Waals surface area contributed by atoms with Crippen molar-refractivity contribution < 1.29 is 39.0 Å². The second-order valence-electron chi connectivity index (χ2n) is 6.87. The number of benzene rings is 1. The number of likely N-dealkylation sites (tertiary alicyclic amines) is 1. The van der Waals surface area contributed by atoms with Gasteiger partial charge < -0.3 is 35.3 Å². The summed E-state index contributed by atoms with van der Waals surface area (Å²) in [6, 6.07) is 2.18. The summed E-state index contributed by atoms with van der Waals surface area (Å²) in [5, 5.41) is 28.0. The Balaban J connectivity index is 1.60. The van der Waals surface area contributed by atoms with Crippen molar-refractivity contribution >= 4 is 25.0 Å². The molecule has 0 unspecified atom stereocenters. The first-order valence-corrected chi connectivity index (χ1v) is 8.93. The fourth-order valence-corrected chi connectivity index (χ4v) is 3.17. The van der Waals surface area contributed by atoms with E-state index in [0.717, 1.165) is 0 Å². The van der Waals surface area contributed by atoms with Crippen LogP contribution >= 0.6 is 0 Å². The molecule has 1 atom stereocenters. The maximum Gasteiger partial charge on any atom is 0.522 e. The van der Waals surface area contributed by atoms with E-state index < -0.39 is 25.1 Å². The molecule has 0 spiro atoms. The second kappa shape index (κ2) is 8.07. The third kappa shape index (κ3) is 4.20. The molecule has 0 aliphatic carbocycles. The van der Waals surface area contributed by atoms with Crippen LogP contribution in [0, 0.1) is 0 Å². The first-order chi connectivity index (χ1) is 13.3. The Labute approximate surface area is 161 Å². The molecule has 11 heteroatoms. The van der Waals surface area contributed by atoms with E-state index in [-0.39, 0.29) is 55.0 Å². The first kappa shape index (κ1) is 20.0. The van der Waals surface area contributed by atoms with Crippen molar-refractivity contribution in [2.24, 2.45) is 5.73 Å². The maximum absolute atomic E-state index is 12.0. The smallest absolute Gasteiger partial charge is 0.522 e. The summed E-state index contributed by atoms with van der Waals surface area (Å²) < 4.78 is 11.0. The van der Waals surface area contributed by atoms with E-state index in [1.807, 2.05) is 0 Å². The highest BCUT2D eigenvalue weighted by Crippen LogP contribution is 2.37. The standard InChI is InChI=1S/C17H21BN2O8/c19-11(16(22)23)2-4-13(21)20-7-10(8-20)27-12-3-1-9-5-6-18(26)28-15(9)14(12)17(24)25/h1,3,10-11,26H,2,4-8,19H2,(H,22,23)(H,24,25)/t11-/m1/s1. The molecule has 0 radical (unpaired) electrons. The van der Waals surface area contributed by atoms with Crippen LogP contribution in [0.5, 0.6) is 11.5 Å². The third-order valence-corrected chi connectivity index (χ3v) is 4.81. The summed E-state index contributed by atoms with van der Waals surface area (Å²) in [7, 11) is -1.06. The molecule has 150 valence electrons. The highest BCUT2D eigenvalue weighted by molar-refractivity contribution is 6.44. The molecule has 2 aliphatic rings. The number of aromatic carboxylic acids is 1. The van der Waals surface area contributed by atoms with Gasteiger partial charge in [-0.25, -0.2) is 4.79 Å². The Hall–Kier alpha value is -2.79. The average molecular weight is 392 g/mol. The van der Waals surface area contributed by atoms with Crippen LogP contribution in [0.1, 0.15) is 28.8 Å². The number of carboxylic acid groups (broad SMARTS) is 2. The third-order valence-electron chi connectivity index (χ3n) is 4.81. The Morgan fingerprint density at radius 3 is 2.68 bits per heavy atom. The number of aliphatic carboxylic acids is 1. The molecule has 1 amide bonds. The molecular weight excluding hydrogens is 371 g/mol. The van der Waals surface area contributed by atoms with Gasteiger partial charge in [0.1, 0.15) is 29.2 Å². The number of carboxylic acids is 2. The topological polar surface area (TPSA) is 160 Å². The van der Waals surface area contributed by atoms with Crippen molar-refractivity contribution in [3.05, 3.63) is 23.3 Å². The molecule has 1 saturated heterocycles. The van der Waals surface area contributed by atoms with Crippen molar-refractivity contribution in [1.29, 1.82) is 0 Å². The summed E-state index contributed by atoms with van der Waals surface area (Å²) in [5.74, 6) is -2.38. The fourth-order valence-electron chi connectivity index (χ4n) is 3.17. The lowest BCUT2D eigenvalue weighted by Crippen LogP contribution is -2.56. The maximum atomic E-state index is 12.0. The van der Waals surface area contributed by atoms with Crippen molar-refractivity contribution in [1.82, 2.24) is 4.90 Å². The van der Waals surface area contributed by atoms with Crippen LogP contribution in [0.25, 0.3) is 0 Å². The molecule has 2 aliphatic heterocycles. The molecule has 1 aromatic carbocycles. The molecule has 0 bridgehead atoms. The predicted octanol–water partition coefficient (Wildman–Crippen LogP) is -0.418. The first-order valence-electron chi connectivity index (χ1n) is 8.93. The van der Waals surface area contributed by atoms with Crippen LogP contribution in [0.4, 0.5) is 0 Å². The number of carbonyl (C=O) groups is 3. The lowest BCUT2D eigenvalue weighted by atomic mass is 9.78. The average Bonchev–Trinajstić information content (AvgIpc) is 2.60. The summed E-state index contributed by atoms with van der Waals surface area (Å²) in [5.41, 5.74) is 5.93. The molecule has 5 N–H and O–H groups in total. The number of rotatable bonds is 7. The van der Waals surface area contributed by atoms with Gasteiger partial charge in [-0.2, -0.15) is 0 Å². The van der Waals surface area contributed by atoms with E-state index in [1.165, 1.54) is 4.90 Å². The summed E-state index contributed by atoms with van der Waals surface area (Å²) in [6.45, 7) is 0.529. The van der Waals surface area contributed by atoms with E-state index >= 15 is 0 Å². The zero-order valence-corrected chi connectivity index (χ0v) is 15.0. The molecule has 10 nitrogen and oxygen atoms in total. The van der Waals surface area contributed by atoms with Gasteiger partial charge in [0, 0.05) is 6.42 Å². The highest BCUT2D eigenvalue weighted by atomic mass is 16.5. The quantitative estimate of drug-likeness (QED) is 0.452. The normalized spacial score (nSPS) is 17.2. The molecule has 1 fully saturated rings. The lowest BCUT2D eigenvalue weighted by molar-refractivity contribution is -0.141. The fraction of sp³-hybridized carbons (Fsp3) is 0.471. The van der Waals surface area contributed by atoms with Crippen LogP contribution in [0.3, 0.4) is 0 Å². The number of fused-ring (bicyclic) bond motifs is 1. The van der Waals surface area contributed by atoms with Gasteiger partial charge in [0.2, 0.25) is 5.91 Å². The van der Waals surface area contributed by atoms with Crippen LogP contribution in [-0.4, -0.2) is 70.3 Å². The summed E-state index contributed by atoms with van der Waals surface area (Å²) in [6.07, 6.45) is 0.565. The Bertz CT molecular complexity index is 796. The number of aryl methyl sites for hydroxylation is 1. The molecular formula is C17H21BN2O8. The number of ether oxygens (including phenoxy) is 1. The van der Waals surface area contributed by atoms with Gasteiger partial charge in [0.15, 0.2) is 0 Å².